The van der Waals surface area contributed by atoms with E-state index in [1.807, 2.05) is 47.2 Å². The van der Waals surface area contributed by atoms with Gasteiger partial charge in [0.2, 0.25) is 5.91 Å². The number of piperazine rings is 1. The molecule has 1 aliphatic carbocycles. The third-order valence-corrected chi connectivity index (χ3v) is 21.7. The highest BCUT2D eigenvalue weighted by atomic mass is 35.5. The first-order chi connectivity index (χ1) is 42.2. The molecule has 0 unspecified atom stereocenters. The number of sulfonamides is 1. The number of carbonyl (C=O) groups is 3. The molecule has 5 aromatic carbocycles. The normalized spacial score (nSPS) is 20.3. The highest BCUT2D eigenvalue weighted by Crippen LogP contribution is 2.46. The number of thioether (sulfide) groups is 1. The van der Waals surface area contributed by atoms with Crippen LogP contribution in [0.4, 0.5) is 39.4 Å². The third kappa shape index (κ3) is 15.8. The summed E-state index contributed by atoms with van der Waals surface area (Å²) in [5.41, 5.74) is -0.707. The van der Waals surface area contributed by atoms with E-state index < -0.39 is 64.6 Å². The number of rotatable bonds is 21. The van der Waals surface area contributed by atoms with E-state index in [-0.39, 0.29) is 41.5 Å². The average molecular weight is 1290 g/mol. The number of hydrogen-bond acceptors (Lipinski definition) is 14. The fourth-order valence-corrected chi connectivity index (χ4v) is 15.6. The van der Waals surface area contributed by atoms with Gasteiger partial charge >= 0.3 is 11.5 Å². The van der Waals surface area contributed by atoms with Crippen molar-refractivity contribution < 1.29 is 53.5 Å². The zero-order valence-electron chi connectivity index (χ0n) is 48.8. The smallest absolute Gasteiger partial charge is 0.380 e. The van der Waals surface area contributed by atoms with Gasteiger partial charge in [-0.05, 0) is 160 Å². The van der Waals surface area contributed by atoms with Crippen LogP contribution in [0.1, 0.15) is 78.8 Å². The van der Waals surface area contributed by atoms with E-state index in [2.05, 4.69) is 55.0 Å². The van der Waals surface area contributed by atoms with Gasteiger partial charge in [0.25, 0.3) is 25.8 Å². The Labute approximate surface area is 521 Å². The van der Waals surface area contributed by atoms with Crippen LogP contribution in [0, 0.1) is 11.2 Å². The van der Waals surface area contributed by atoms with Gasteiger partial charge in [0, 0.05) is 117 Å². The van der Waals surface area contributed by atoms with Crippen molar-refractivity contribution in [2.24, 2.45) is 5.41 Å². The van der Waals surface area contributed by atoms with Crippen molar-refractivity contribution in [1.82, 2.24) is 24.7 Å². The lowest BCUT2D eigenvalue weighted by Crippen LogP contribution is -2.50. The summed E-state index contributed by atoms with van der Waals surface area (Å²) in [4.78, 5) is 47.4. The van der Waals surface area contributed by atoms with Crippen LogP contribution in [0.25, 0.3) is 5.57 Å². The number of nitrogens with zero attached hydrogens (tertiary/aromatic N) is 5. The molecule has 470 valence electrons. The van der Waals surface area contributed by atoms with E-state index in [0.29, 0.717) is 62.7 Å². The molecule has 0 bridgehead atoms. The molecule has 0 saturated carbocycles. The summed E-state index contributed by atoms with van der Waals surface area (Å²) >= 11 is 7.81. The Morgan fingerprint density at radius 1 is 0.830 bits per heavy atom. The Hall–Kier alpha value is -6.31. The van der Waals surface area contributed by atoms with Crippen molar-refractivity contribution in [1.29, 1.82) is 0 Å². The van der Waals surface area contributed by atoms with E-state index in [1.54, 1.807) is 24.3 Å². The Bertz CT molecular complexity index is 3580. The van der Waals surface area contributed by atoms with Gasteiger partial charge in [-0.2, -0.15) is 13.2 Å². The van der Waals surface area contributed by atoms with E-state index >= 15 is 4.39 Å². The second-order valence-electron chi connectivity index (χ2n) is 23.3. The van der Waals surface area contributed by atoms with Crippen molar-refractivity contribution in [3.63, 3.8) is 0 Å². The lowest BCUT2D eigenvalue weighted by Gasteiger charge is -2.44. The zero-order chi connectivity index (χ0) is 62.2. The first-order valence-electron chi connectivity index (χ1n) is 29.7. The predicted octanol–water partition coefficient (Wildman–Crippen LogP) is 10.8. The summed E-state index contributed by atoms with van der Waals surface area (Å²) in [6.07, 6.45) is 7.77. The second-order valence-corrected chi connectivity index (χ2v) is 28.4. The van der Waals surface area contributed by atoms with Crippen molar-refractivity contribution >= 4 is 83.7 Å². The summed E-state index contributed by atoms with van der Waals surface area (Å²) in [7, 11) is -11.0. The molecule has 0 radical (unpaired) electrons. The van der Waals surface area contributed by atoms with Crippen LogP contribution in [-0.2, 0) is 29.4 Å². The van der Waals surface area contributed by atoms with Gasteiger partial charge in [-0.15, -0.1) is 18.3 Å². The largest absolute Gasteiger partial charge is 0.501 e. The molecule has 10 rings (SSSR count). The number of piperidine rings is 1. The van der Waals surface area contributed by atoms with Crippen LogP contribution in [0.5, 0.6) is 0 Å². The Kier molecular flexibility index (Phi) is 20.8. The maximum absolute atomic E-state index is 15.1. The molecule has 16 nitrogen and oxygen atoms in total. The van der Waals surface area contributed by atoms with E-state index in [4.69, 9.17) is 16.3 Å². The van der Waals surface area contributed by atoms with Gasteiger partial charge in [-0.3, -0.25) is 24.7 Å². The minimum atomic E-state index is -6.10. The fourth-order valence-electron chi connectivity index (χ4n) is 12.5. The number of sulfone groups is 1. The van der Waals surface area contributed by atoms with Crippen LogP contribution in [0.3, 0.4) is 0 Å². The van der Waals surface area contributed by atoms with Gasteiger partial charge in [-0.25, -0.2) is 30.7 Å². The zero-order valence-corrected chi connectivity index (χ0v) is 52.0. The molecule has 5 aromatic rings. The van der Waals surface area contributed by atoms with Crippen molar-refractivity contribution in [3.8, 4) is 0 Å². The Morgan fingerprint density at radius 3 is 2.27 bits per heavy atom. The van der Waals surface area contributed by atoms with E-state index in [1.165, 1.54) is 46.0 Å². The summed E-state index contributed by atoms with van der Waals surface area (Å²) < 4.78 is 120. The van der Waals surface area contributed by atoms with Crippen LogP contribution < -0.4 is 25.2 Å². The summed E-state index contributed by atoms with van der Waals surface area (Å²) in [6.45, 7) is 13.6. The molecule has 0 spiro atoms. The van der Waals surface area contributed by atoms with Crippen LogP contribution in [-0.4, -0.2) is 158 Å². The molecule has 3 N–H and O–H groups in total. The molecule has 4 heterocycles. The number of likely N-dealkylation sites (tertiary alicyclic amines) is 1. The standard InChI is InChI=1S/C64H73ClF4N8O8S3/c1-2-63(44-75-28-22-45(23-29-75)48-13-19-56(66)58(39-48)77-31-25-60(78)71-62(77)80)26-21-55(46-9-14-50(65)15-10-46)49(41-63)42-74-32-34-76(35-33-74)52-16-11-47(12-17-52)61(79)72-88(83,84)54-18-20-57(59(40-54)87(81,82)64(67,68)69)70-51(43-86-53-7-4-3-5-8-53)24-30-73-27-6-37-85-38-36-73/h2-5,7-20,39-40,45,51,70H,1,6,21-38,41-44H2,(H,72,79)(H,71,78,80)/t51-,63-/m1/s1. The number of urea groups is 1. The maximum Gasteiger partial charge on any atom is 0.501 e. The number of ether oxygens (including phenoxy) is 1. The highest BCUT2D eigenvalue weighted by Gasteiger charge is 2.49. The minimum absolute atomic E-state index is 0.0389. The van der Waals surface area contributed by atoms with E-state index in [9.17, 15) is 44.4 Å². The maximum atomic E-state index is 15.1. The number of anilines is 3. The number of hydrogen-bond donors (Lipinski definition) is 3. The molecule has 88 heavy (non-hydrogen) atoms. The molecular weight excluding hydrogens is 1220 g/mol. The quantitative estimate of drug-likeness (QED) is 0.0359. The van der Waals surface area contributed by atoms with Crippen LogP contribution >= 0.6 is 23.4 Å². The topological polar surface area (TPSA) is 181 Å². The lowest BCUT2D eigenvalue weighted by atomic mass is 9.69. The lowest BCUT2D eigenvalue weighted by molar-refractivity contribution is -0.120. The second kappa shape index (κ2) is 28.2. The SMILES string of the molecule is C=C[C@@]1(CN2CCC(c3ccc(F)c(N4CCC(=O)NC4=O)c3)CC2)CCC(c2ccc(Cl)cc2)=C(CN2CCN(c3ccc(C(=O)NS(=O)(=O)c4ccc(N[C@H](CCN5CCCOCC5)CSc5ccccc5)c(S(=O)(=O)C(F)(F)F)c4)cc3)CC2)C1. The molecule has 2 atom stereocenters. The number of benzene rings is 5. The molecule has 4 aliphatic heterocycles. The summed E-state index contributed by atoms with van der Waals surface area (Å²) in [5.74, 6) is -1.41. The number of allylic oxidation sites excluding steroid dienone is 1. The van der Waals surface area contributed by atoms with E-state index in [0.717, 1.165) is 118 Å². The summed E-state index contributed by atoms with van der Waals surface area (Å²) in [6, 6.07) is 29.9. The monoisotopic (exact) mass is 1290 g/mol. The van der Waals surface area contributed by atoms with Crippen molar-refractivity contribution in [2.75, 3.05) is 113 Å². The first kappa shape index (κ1) is 64.7. The van der Waals surface area contributed by atoms with Crippen LogP contribution in [0.15, 0.2) is 148 Å². The van der Waals surface area contributed by atoms with Crippen molar-refractivity contribution in [2.45, 2.75) is 83.5 Å². The number of amides is 4. The molecule has 4 amide bonds. The minimum Gasteiger partial charge on any atom is -0.380 e. The van der Waals surface area contributed by atoms with Crippen molar-refractivity contribution in [3.05, 3.63) is 161 Å². The number of carbonyl (C=O) groups excluding carboxylic acids is 3. The predicted molar refractivity (Wildman–Crippen MR) is 336 cm³/mol. The van der Waals surface area contributed by atoms with Gasteiger partial charge in [0.15, 0.2) is 0 Å². The first-order valence-corrected chi connectivity index (χ1v) is 34.1. The molecule has 24 heteroatoms. The molecule has 4 saturated heterocycles. The number of halogens is 5. The third-order valence-electron chi connectivity index (χ3n) is 17.4. The van der Waals surface area contributed by atoms with Gasteiger partial charge in [0.05, 0.1) is 22.9 Å². The molecular formula is C64H73ClF4N8O8S3. The highest BCUT2D eigenvalue weighted by molar-refractivity contribution is 7.99. The Morgan fingerprint density at radius 2 is 1.57 bits per heavy atom. The number of alkyl halides is 3. The van der Waals surface area contributed by atoms with Gasteiger partial charge in [-0.1, -0.05) is 59.6 Å². The molecule has 0 aromatic heterocycles. The summed E-state index contributed by atoms with van der Waals surface area (Å²) in [5, 5.41) is 5.96. The van der Waals surface area contributed by atoms with Crippen LogP contribution in [0.2, 0.25) is 5.02 Å². The fraction of sp³-hybridized carbons (Fsp3) is 0.422. The van der Waals surface area contributed by atoms with Gasteiger partial charge in [0.1, 0.15) is 10.7 Å². The number of imide groups is 1. The molecule has 4 fully saturated rings. The average Bonchev–Trinajstić information content (AvgIpc) is 1.14. The molecule has 5 aliphatic rings. The number of nitrogens with one attached hydrogen (secondary N) is 3. The van der Waals surface area contributed by atoms with Gasteiger partial charge < -0.3 is 24.8 Å². The Balaban J connectivity index is 0.769.